The van der Waals surface area contributed by atoms with Gasteiger partial charge < -0.3 is 25.5 Å². The highest BCUT2D eigenvalue weighted by Gasteiger charge is 2.30. The van der Waals surface area contributed by atoms with Crippen molar-refractivity contribution in [3.63, 3.8) is 0 Å². The SMILES string of the molecule is NCCOB(c1ccccc1Oc1ccccc1B(OCCN)c1cccc2ccccc12)c1cccc2ccccc12. The molecule has 0 saturated heterocycles. The number of hydrogen-bond acceptors (Lipinski definition) is 5. The van der Waals surface area contributed by atoms with Crippen LogP contribution in [0.1, 0.15) is 0 Å². The average molecular weight is 564 g/mol. The standard InChI is InChI=1S/C36H34B2N2O3/c39-23-25-41-37(31-19-9-13-27-11-1-3-15-29(27)31)33-17-5-7-21-35(33)43-36-22-8-6-18-34(36)38(42-26-24-40)32-20-10-14-28-12-2-4-16-30(28)32/h1-22H,23-26,39-40H2. The summed E-state index contributed by atoms with van der Waals surface area (Å²) in [4.78, 5) is 0. The van der Waals surface area contributed by atoms with Crippen molar-refractivity contribution in [2.75, 3.05) is 26.3 Å². The van der Waals surface area contributed by atoms with Crippen molar-refractivity contribution in [1.82, 2.24) is 0 Å². The number of ether oxygens (including phenoxy) is 1. The molecule has 0 aromatic heterocycles. The molecule has 0 aliphatic heterocycles. The van der Waals surface area contributed by atoms with Crippen LogP contribution < -0.4 is 38.1 Å². The van der Waals surface area contributed by atoms with Gasteiger partial charge in [-0.2, -0.15) is 0 Å². The zero-order valence-corrected chi connectivity index (χ0v) is 24.1. The predicted molar refractivity (Wildman–Crippen MR) is 181 cm³/mol. The maximum atomic E-state index is 6.81. The molecule has 6 aromatic rings. The molecule has 0 bridgehead atoms. The zero-order valence-electron chi connectivity index (χ0n) is 24.1. The highest BCUT2D eigenvalue weighted by molar-refractivity contribution is 6.83. The Morgan fingerprint density at radius 3 is 1.26 bits per heavy atom. The van der Waals surface area contributed by atoms with Gasteiger partial charge in [0.15, 0.2) is 0 Å². The van der Waals surface area contributed by atoms with Crippen LogP contribution in [0.15, 0.2) is 133 Å². The van der Waals surface area contributed by atoms with E-state index >= 15 is 0 Å². The van der Waals surface area contributed by atoms with Crippen molar-refractivity contribution in [3.05, 3.63) is 133 Å². The van der Waals surface area contributed by atoms with Crippen molar-refractivity contribution in [3.8, 4) is 11.5 Å². The molecule has 0 saturated carbocycles. The van der Waals surface area contributed by atoms with Gasteiger partial charge in [-0.1, -0.05) is 121 Å². The molecule has 0 aliphatic rings. The van der Waals surface area contributed by atoms with E-state index < -0.39 is 0 Å². The van der Waals surface area contributed by atoms with Crippen molar-refractivity contribution in [2.24, 2.45) is 11.5 Å². The van der Waals surface area contributed by atoms with Crippen LogP contribution in [0, 0.1) is 0 Å². The molecule has 0 atom stereocenters. The van der Waals surface area contributed by atoms with Crippen LogP contribution in [0.3, 0.4) is 0 Å². The molecule has 6 rings (SSSR count). The summed E-state index contributed by atoms with van der Waals surface area (Å²) in [6, 6.07) is 45.4. The monoisotopic (exact) mass is 564 g/mol. The molecule has 212 valence electrons. The second-order valence-electron chi connectivity index (χ2n) is 10.4. The molecule has 43 heavy (non-hydrogen) atoms. The summed E-state index contributed by atoms with van der Waals surface area (Å²) >= 11 is 0. The van der Waals surface area contributed by atoms with Crippen LogP contribution in [-0.4, -0.2) is 40.1 Å². The summed E-state index contributed by atoms with van der Waals surface area (Å²) in [7, 11) is 0. The van der Waals surface area contributed by atoms with Gasteiger partial charge in [-0.05, 0) is 55.5 Å². The minimum atomic E-state index is -0.375. The van der Waals surface area contributed by atoms with Crippen LogP contribution in [0.5, 0.6) is 11.5 Å². The largest absolute Gasteiger partial charge is 0.458 e. The van der Waals surface area contributed by atoms with E-state index in [4.69, 9.17) is 25.5 Å². The quantitative estimate of drug-likeness (QED) is 0.220. The third kappa shape index (κ3) is 6.21. The summed E-state index contributed by atoms with van der Waals surface area (Å²) in [5.74, 6) is 1.42. The molecule has 0 amide bonds. The maximum Gasteiger partial charge on any atom is 0.366 e. The van der Waals surface area contributed by atoms with Crippen molar-refractivity contribution < 1.29 is 14.0 Å². The first-order valence-electron chi connectivity index (χ1n) is 14.7. The predicted octanol–water partition coefficient (Wildman–Crippen LogP) is 3.95. The van der Waals surface area contributed by atoms with Crippen molar-refractivity contribution in [2.45, 2.75) is 0 Å². The minimum Gasteiger partial charge on any atom is -0.458 e. The molecular weight excluding hydrogens is 530 g/mol. The highest BCUT2D eigenvalue weighted by Crippen LogP contribution is 2.22. The molecular formula is C36H34B2N2O3. The fourth-order valence-corrected chi connectivity index (χ4v) is 5.72. The Bertz CT molecular complexity index is 1690. The van der Waals surface area contributed by atoms with Crippen LogP contribution in [0.4, 0.5) is 0 Å². The van der Waals surface area contributed by atoms with Gasteiger partial charge in [-0.25, -0.2) is 0 Å². The zero-order chi connectivity index (χ0) is 29.4. The van der Waals surface area contributed by atoms with Gasteiger partial charge in [-0.3, -0.25) is 0 Å². The number of benzene rings is 6. The van der Waals surface area contributed by atoms with E-state index in [1.165, 1.54) is 0 Å². The van der Waals surface area contributed by atoms with Crippen LogP contribution in [0.25, 0.3) is 21.5 Å². The number of hydrogen-bond donors (Lipinski definition) is 2. The Balaban J connectivity index is 1.44. The third-order valence-electron chi connectivity index (χ3n) is 7.64. The molecule has 5 nitrogen and oxygen atoms in total. The lowest BCUT2D eigenvalue weighted by atomic mass is 9.53. The lowest BCUT2D eigenvalue weighted by Gasteiger charge is -2.22. The van der Waals surface area contributed by atoms with Gasteiger partial charge in [0.1, 0.15) is 11.5 Å². The molecule has 0 heterocycles. The van der Waals surface area contributed by atoms with Gasteiger partial charge in [0.05, 0.1) is 0 Å². The van der Waals surface area contributed by atoms with Gasteiger partial charge in [-0.15, -0.1) is 0 Å². The molecule has 0 spiro atoms. The van der Waals surface area contributed by atoms with Crippen LogP contribution in [-0.2, 0) is 9.31 Å². The first-order chi connectivity index (χ1) is 21.3. The van der Waals surface area contributed by atoms with E-state index in [1.807, 2.05) is 36.4 Å². The number of fused-ring (bicyclic) bond motifs is 2. The fourth-order valence-electron chi connectivity index (χ4n) is 5.72. The molecule has 6 aromatic carbocycles. The fraction of sp³-hybridized carbons (Fsp3) is 0.111. The summed E-state index contributed by atoms with van der Waals surface area (Å²) in [6.45, 7) is 0.904. The van der Waals surface area contributed by atoms with E-state index in [1.54, 1.807) is 0 Å². The number of rotatable bonds is 12. The third-order valence-corrected chi connectivity index (χ3v) is 7.64. The molecule has 0 radical (unpaired) electrons. The Kier molecular flexibility index (Phi) is 9.16. The Hall–Kier alpha value is -4.39. The van der Waals surface area contributed by atoms with E-state index in [0.717, 1.165) is 43.4 Å². The van der Waals surface area contributed by atoms with Gasteiger partial charge in [0, 0.05) is 26.3 Å². The van der Waals surface area contributed by atoms with E-state index in [0.29, 0.717) is 37.8 Å². The lowest BCUT2D eigenvalue weighted by Crippen LogP contribution is -2.48. The van der Waals surface area contributed by atoms with Gasteiger partial charge >= 0.3 is 13.8 Å². The normalized spacial score (nSPS) is 11.1. The second-order valence-corrected chi connectivity index (χ2v) is 10.4. The van der Waals surface area contributed by atoms with Crippen molar-refractivity contribution >= 4 is 57.2 Å². The van der Waals surface area contributed by atoms with Crippen LogP contribution in [0.2, 0.25) is 0 Å². The molecule has 4 N–H and O–H groups in total. The Morgan fingerprint density at radius 2 is 0.791 bits per heavy atom. The first kappa shape index (κ1) is 28.7. The number of nitrogens with two attached hydrogens (primary N) is 2. The topological polar surface area (TPSA) is 79.7 Å². The Labute approximate surface area is 253 Å². The smallest absolute Gasteiger partial charge is 0.366 e. The minimum absolute atomic E-state index is 0.375. The van der Waals surface area contributed by atoms with E-state index in [-0.39, 0.29) is 13.8 Å². The second kappa shape index (κ2) is 13.7. The number of para-hydroxylation sites is 2. The molecule has 0 fully saturated rings. The first-order valence-corrected chi connectivity index (χ1v) is 14.7. The Morgan fingerprint density at radius 1 is 0.419 bits per heavy atom. The van der Waals surface area contributed by atoms with Crippen LogP contribution >= 0.6 is 0 Å². The summed E-state index contributed by atoms with van der Waals surface area (Å²) < 4.78 is 19.7. The summed E-state index contributed by atoms with van der Waals surface area (Å²) in [6.07, 6.45) is 0. The van der Waals surface area contributed by atoms with E-state index in [9.17, 15) is 0 Å². The average Bonchev–Trinajstić information content (AvgIpc) is 3.06. The highest BCUT2D eigenvalue weighted by atomic mass is 16.5. The summed E-state index contributed by atoms with van der Waals surface area (Å²) in [5, 5.41) is 4.57. The van der Waals surface area contributed by atoms with Gasteiger partial charge in [0.25, 0.3) is 0 Å². The lowest BCUT2D eigenvalue weighted by molar-refractivity contribution is 0.343. The molecule has 0 aliphatic carbocycles. The van der Waals surface area contributed by atoms with E-state index in [2.05, 4.69) is 97.1 Å². The van der Waals surface area contributed by atoms with Gasteiger partial charge in [0.2, 0.25) is 0 Å². The molecule has 0 unspecified atom stereocenters. The van der Waals surface area contributed by atoms with Crippen molar-refractivity contribution in [1.29, 1.82) is 0 Å². The summed E-state index contributed by atoms with van der Waals surface area (Å²) in [5.41, 5.74) is 15.8. The molecule has 7 heteroatoms. The maximum absolute atomic E-state index is 6.81.